The van der Waals surface area contributed by atoms with E-state index in [1.807, 2.05) is 35.2 Å². The van der Waals surface area contributed by atoms with Crippen molar-refractivity contribution in [2.75, 3.05) is 51.3 Å². The Balaban J connectivity index is 1.72. The third-order valence-corrected chi connectivity index (χ3v) is 4.06. The number of rotatable bonds is 8. The minimum Gasteiger partial charge on any atom is -0.377 e. The molecule has 6 heteroatoms. The Bertz CT molecular complexity index is 562. The van der Waals surface area contributed by atoms with Gasteiger partial charge in [0.1, 0.15) is 0 Å². The highest BCUT2D eigenvalue weighted by atomic mass is 16.5. The van der Waals surface area contributed by atoms with Crippen molar-refractivity contribution >= 4 is 17.5 Å². The number of ether oxygens (including phenoxy) is 1. The van der Waals surface area contributed by atoms with E-state index in [-0.39, 0.29) is 11.8 Å². The van der Waals surface area contributed by atoms with Crippen LogP contribution >= 0.6 is 0 Å². The highest BCUT2D eigenvalue weighted by molar-refractivity contribution is 5.92. The van der Waals surface area contributed by atoms with Crippen molar-refractivity contribution in [1.82, 2.24) is 9.80 Å². The third kappa shape index (κ3) is 7.07. The number of para-hydroxylation sites is 1. The molecule has 0 atom stereocenters. The fourth-order valence-electron chi connectivity index (χ4n) is 2.79. The first-order valence-electron chi connectivity index (χ1n) is 8.72. The SMILES string of the molecule is C=CCOCCC(=O)N1CCCN(CC(=O)Nc2ccccc2)CC1. The molecule has 1 aliphatic rings. The van der Waals surface area contributed by atoms with Gasteiger partial charge in [0.05, 0.1) is 26.2 Å². The topological polar surface area (TPSA) is 61.9 Å². The molecule has 0 bridgehead atoms. The van der Waals surface area contributed by atoms with Crippen LogP contribution < -0.4 is 5.32 Å². The number of hydrogen-bond donors (Lipinski definition) is 1. The molecule has 0 unspecified atom stereocenters. The largest absolute Gasteiger partial charge is 0.377 e. The van der Waals surface area contributed by atoms with Crippen molar-refractivity contribution in [2.45, 2.75) is 12.8 Å². The van der Waals surface area contributed by atoms with E-state index < -0.39 is 0 Å². The standard InChI is InChI=1S/C19H27N3O3/c1-2-14-25-15-9-19(24)22-11-6-10-21(12-13-22)16-18(23)20-17-7-4-3-5-8-17/h2-5,7-8H,1,6,9-16H2,(H,20,23). The average Bonchev–Trinajstić information content (AvgIpc) is 2.85. The van der Waals surface area contributed by atoms with E-state index in [2.05, 4.69) is 16.8 Å². The Morgan fingerprint density at radius 1 is 1.16 bits per heavy atom. The van der Waals surface area contributed by atoms with E-state index in [1.165, 1.54) is 0 Å². The molecule has 25 heavy (non-hydrogen) atoms. The van der Waals surface area contributed by atoms with E-state index >= 15 is 0 Å². The molecule has 1 saturated heterocycles. The van der Waals surface area contributed by atoms with Crippen molar-refractivity contribution in [2.24, 2.45) is 0 Å². The van der Waals surface area contributed by atoms with E-state index in [9.17, 15) is 9.59 Å². The molecule has 1 aliphatic heterocycles. The number of benzene rings is 1. The minimum atomic E-state index is -0.0243. The summed E-state index contributed by atoms with van der Waals surface area (Å²) >= 11 is 0. The fourth-order valence-corrected chi connectivity index (χ4v) is 2.79. The molecule has 6 nitrogen and oxygen atoms in total. The smallest absolute Gasteiger partial charge is 0.238 e. The van der Waals surface area contributed by atoms with Crippen molar-refractivity contribution in [1.29, 1.82) is 0 Å². The number of hydrogen-bond acceptors (Lipinski definition) is 4. The van der Waals surface area contributed by atoms with Gasteiger partial charge in [-0.25, -0.2) is 0 Å². The summed E-state index contributed by atoms with van der Waals surface area (Å²) in [4.78, 5) is 28.3. The van der Waals surface area contributed by atoms with Crippen LogP contribution in [0, 0.1) is 0 Å². The lowest BCUT2D eigenvalue weighted by Gasteiger charge is -2.21. The maximum atomic E-state index is 12.2. The molecule has 0 radical (unpaired) electrons. The quantitative estimate of drug-likeness (QED) is 0.576. The Hall–Kier alpha value is -2.18. The van der Waals surface area contributed by atoms with Crippen LogP contribution in [0.15, 0.2) is 43.0 Å². The van der Waals surface area contributed by atoms with Crippen LogP contribution in [0.25, 0.3) is 0 Å². The maximum Gasteiger partial charge on any atom is 0.238 e. The molecular formula is C19H27N3O3. The zero-order chi connectivity index (χ0) is 17.9. The molecule has 1 fully saturated rings. The van der Waals surface area contributed by atoms with E-state index in [0.717, 1.165) is 25.2 Å². The third-order valence-electron chi connectivity index (χ3n) is 4.06. The Morgan fingerprint density at radius 2 is 1.96 bits per heavy atom. The summed E-state index contributed by atoms with van der Waals surface area (Å²) in [6, 6.07) is 9.44. The summed E-state index contributed by atoms with van der Waals surface area (Å²) in [5.74, 6) is 0.0865. The van der Waals surface area contributed by atoms with Gasteiger partial charge in [0.2, 0.25) is 11.8 Å². The number of carbonyl (C=O) groups is 2. The number of amides is 2. The predicted molar refractivity (Wildman–Crippen MR) is 98.3 cm³/mol. The molecule has 136 valence electrons. The first-order chi connectivity index (χ1) is 12.2. The minimum absolute atomic E-state index is 0.0243. The van der Waals surface area contributed by atoms with Gasteiger partial charge >= 0.3 is 0 Å². The molecule has 1 aromatic rings. The summed E-state index contributed by atoms with van der Waals surface area (Å²) < 4.78 is 5.28. The monoisotopic (exact) mass is 345 g/mol. The Labute approximate surface area is 149 Å². The molecule has 0 aliphatic carbocycles. The molecule has 1 N–H and O–H groups in total. The van der Waals surface area contributed by atoms with Gasteiger partial charge in [0.25, 0.3) is 0 Å². The Kier molecular flexibility index (Phi) is 8.15. The van der Waals surface area contributed by atoms with Gasteiger partial charge < -0.3 is 15.0 Å². The summed E-state index contributed by atoms with van der Waals surface area (Å²) in [5, 5.41) is 2.90. The van der Waals surface area contributed by atoms with E-state index in [1.54, 1.807) is 6.08 Å². The maximum absolute atomic E-state index is 12.2. The van der Waals surface area contributed by atoms with Gasteiger partial charge in [0, 0.05) is 31.9 Å². The summed E-state index contributed by atoms with van der Waals surface area (Å²) in [5.41, 5.74) is 0.804. The number of anilines is 1. The first-order valence-corrected chi connectivity index (χ1v) is 8.72. The van der Waals surface area contributed by atoms with Gasteiger partial charge in [-0.2, -0.15) is 0 Å². The molecule has 1 heterocycles. The van der Waals surface area contributed by atoms with Crippen LogP contribution in [0.2, 0.25) is 0 Å². The van der Waals surface area contributed by atoms with Crippen LogP contribution in [0.3, 0.4) is 0 Å². The molecule has 0 spiro atoms. The van der Waals surface area contributed by atoms with Crippen LogP contribution in [-0.2, 0) is 14.3 Å². The average molecular weight is 345 g/mol. The highest BCUT2D eigenvalue weighted by Gasteiger charge is 2.20. The molecular weight excluding hydrogens is 318 g/mol. The first kappa shape index (κ1) is 19.1. The number of carbonyl (C=O) groups excluding carboxylic acids is 2. The predicted octanol–water partition coefficient (Wildman–Crippen LogP) is 1.75. The van der Waals surface area contributed by atoms with Crippen molar-refractivity contribution in [3.8, 4) is 0 Å². The lowest BCUT2D eigenvalue weighted by Crippen LogP contribution is -2.38. The van der Waals surface area contributed by atoms with Crippen LogP contribution in [-0.4, -0.2) is 67.6 Å². The van der Waals surface area contributed by atoms with Gasteiger partial charge in [-0.15, -0.1) is 6.58 Å². The van der Waals surface area contributed by atoms with Crippen molar-refractivity contribution in [3.05, 3.63) is 43.0 Å². The van der Waals surface area contributed by atoms with Gasteiger partial charge in [-0.1, -0.05) is 24.3 Å². The molecule has 1 aromatic carbocycles. The molecule has 2 amide bonds. The normalized spacial score (nSPS) is 15.4. The van der Waals surface area contributed by atoms with Gasteiger partial charge in [-0.05, 0) is 18.6 Å². The highest BCUT2D eigenvalue weighted by Crippen LogP contribution is 2.08. The van der Waals surface area contributed by atoms with E-state index in [0.29, 0.717) is 39.3 Å². The Morgan fingerprint density at radius 3 is 2.72 bits per heavy atom. The van der Waals surface area contributed by atoms with Crippen LogP contribution in [0.1, 0.15) is 12.8 Å². The fraction of sp³-hybridized carbons (Fsp3) is 0.474. The van der Waals surface area contributed by atoms with Gasteiger partial charge in [0.15, 0.2) is 0 Å². The van der Waals surface area contributed by atoms with Gasteiger partial charge in [-0.3, -0.25) is 14.5 Å². The number of nitrogens with zero attached hydrogens (tertiary/aromatic N) is 2. The molecule has 0 aromatic heterocycles. The van der Waals surface area contributed by atoms with Crippen molar-refractivity contribution < 1.29 is 14.3 Å². The lowest BCUT2D eigenvalue weighted by atomic mass is 10.3. The number of nitrogens with one attached hydrogen (secondary N) is 1. The summed E-state index contributed by atoms with van der Waals surface area (Å²) in [6.07, 6.45) is 2.94. The van der Waals surface area contributed by atoms with E-state index in [4.69, 9.17) is 4.74 Å². The lowest BCUT2D eigenvalue weighted by molar-refractivity contribution is -0.132. The zero-order valence-electron chi connectivity index (χ0n) is 14.7. The molecule has 2 rings (SSSR count). The second-order valence-electron chi connectivity index (χ2n) is 6.04. The van der Waals surface area contributed by atoms with Crippen molar-refractivity contribution in [3.63, 3.8) is 0 Å². The van der Waals surface area contributed by atoms with Crippen LogP contribution in [0.5, 0.6) is 0 Å². The second kappa shape index (κ2) is 10.6. The summed E-state index contributed by atoms with van der Waals surface area (Å²) in [7, 11) is 0. The summed E-state index contributed by atoms with van der Waals surface area (Å²) in [6.45, 7) is 7.73. The zero-order valence-corrected chi connectivity index (χ0v) is 14.7. The second-order valence-corrected chi connectivity index (χ2v) is 6.04. The molecule has 0 saturated carbocycles. The van der Waals surface area contributed by atoms with Crippen LogP contribution in [0.4, 0.5) is 5.69 Å².